The molecule has 0 saturated carbocycles. The molecular weight excluding hydrogens is 284 g/mol. The van der Waals surface area contributed by atoms with Crippen LogP contribution >= 0.6 is 0 Å². The summed E-state index contributed by atoms with van der Waals surface area (Å²) in [6, 6.07) is 5.37. The van der Waals surface area contributed by atoms with E-state index in [9.17, 15) is 25.4 Å². The van der Waals surface area contributed by atoms with Crippen LogP contribution in [-0.2, 0) is 4.74 Å². The van der Waals surface area contributed by atoms with Gasteiger partial charge in [0.05, 0.1) is 11.5 Å². The van der Waals surface area contributed by atoms with Crippen LogP contribution in [0.5, 0.6) is 0 Å². The molecule has 1 aliphatic rings. The number of nitro groups is 1. The van der Waals surface area contributed by atoms with Gasteiger partial charge in [0.25, 0.3) is 5.69 Å². The molecule has 9 nitrogen and oxygen atoms in total. The SMILES string of the molecule is O=[N+]([O-])c1ccc(N[C@H]2O[C@@H](CO)[C@@H](O)[C@@H](O)[C@H]2O)cc1. The van der Waals surface area contributed by atoms with Crippen molar-refractivity contribution in [3.63, 3.8) is 0 Å². The second kappa shape index (κ2) is 6.33. The molecule has 9 heteroatoms. The molecule has 0 aliphatic carbocycles. The van der Waals surface area contributed by atoms with Gasteiger partial charge in [-0.25, -0.2) is 0 Å². The van der Waals surface area contributed by atoms with Crippen LogP contribution in [-0.4, -0.2) is 62.6 Å². The molecule has 0 bridgehead atoms. The second-order valence-corrected chi connectivity index (χ2v) is 4.70. The van der Waals surface area contributed by atoms with E-state index in [4.69, 9.17) is 9.84 Å². The number of non-ortho nitro benzene ring substituents is 1. The molecule has 116 valence electrons. The Balaban J connectivity index is 2.08. The quantitative estimate of drug-likeness (QED) is 0.344. The molecule has 1 heterocycles. The van der Waals surface area contributed by atoms with Crippen molar-refractivity contribution in [2.45, 2.75) is 30.6 Å². The lowest BCUT2D eigenvalue weighted by Gasteiger charge is -2.40. The third-order valence-corrected chi connectivity index (χ3v) is 3.28. The number of nitrogens with one attached hydrogen (secondary N) is 1. The van der Waals surface area contributed by atoms with Crippen molar-refractivity contribution >= 4 is 11.4 Å². The summed E-state index contributed by atoms with van der Waals surface area (Å²) in [5, 5.41) is 51.5. The summed E-state index contributed by atoms with van der Waals surface area (Å²) in [7, 11) is 0. The van der Waals surface area contributed by atoms with E-state index in [1.165, 1.54) is 24.3 Å². The average molecular weight is 300 g/mol. The first kappa shape index (κ1) is 15.6. The van der Waals surface area contributed by atoms with Crippen LogP contribution in [0, 0.1) is 10.1 Å². The number of hydrogen-bond donors (Lipinski definition) is 5. The third-order valence-electron chi connectivity index (χ3n) is 3.28. The lowest BCUT2D eigenvalue weighted by Crippen LogP contribution is -2.60. The number of hydrogen-bond acceptors (Lipinski definition) is 8. The molecule has 1 saturated heterocycles. The number of aliphatic hydroxyl groups excluding tert-OH is 4. The molecule has 0 amide bonds. The summed E-state index contributed by atoms with van der Waals surface area (Å²) in [6.45, 7) is -0.524. The van der Waals surface area contributed by atoms with Crippen molar-refractivity contribution < 1.29 is 30.1 Å². The normalized spacial score (nSPS) is 32.7. The molecule has 5 N–H and O–H groups in total. The van der Waals surface area contributed by atoms with E-state index < -0.39 is 42.2 Å². The van der Waals surface area contributed by atoms with Gasteiger partial charge in [-0.3, -0.25) is 10.1 Å². The second-order valence-electron chi connectivity index (χ2n) is 4.70. The fourth-order valence-electron chi connectivity index (χ4n) is 2.06. The van der Waals surface area contributed by atoms with Crippen molar-refractivity contribution in [2.24, 2.45) is 0 Å². The van der Waals surface area contributed by atoms with Gasteiger partial charge in [0, 0.05) is 17.8 Å². The van der Waals surface area contributed by atoms with Gasteiger partial charge >= 0.3 is 0 Å². The van der Waals surface area contributed by atoms with E-state index in [1.54, 1.807) is 0 Å². The molecule has 0 radical (unpaired) electrons. The fourth-order valence-corrected chi connectivity index (χ4v) is 2.06. The zero-order valence-corrected chi connectivity index (χ0v) is 10.9. The standard InChI is InChI=1S/C12H16N2O7/c15-5-8-9(16)10(17)11(18)12(21-8)13-6-1-3-7(4-2-6)14(19)20/h1-4,8-13,15-18H,5H2/t8-,9+,10+,11+,12-/m0/s1. The van der Waals surface area contributed by atoms with Crippen LogP contribution in [0.15, 0.2) is 24.3 Å². The molecule has 21 heavy (non-hydrogen) atoms. The molecule has 5 atom stereocenters. The molecule has 0 spiro atoms. The maximum atomic E-state index is 10.5. The monoisotopic (exact) mass is 300 g/mol. The summed E-state index contributed by atoms with van der Waals surface area (Å²) in [4.78, 5) is 10.0. The van der Waals surface area contributed by atoms with Gasteiger partial charge in [-0.1, -0.05) is 0 Å². The van der Waals surface area contributed by atoms with Crippen molar-refractivity contribution in [1.29, 1.82) is 0 Å². The first-order valence-corrected chi connectivity index (χ1v) is 6.25. The summed E-state index contributed by atoms with van der Waals surface area (Å²) in [5.74, 6) is 0. The number of benzene rings is 1. The van der Waals surface area contributed by atoms with Crippen LogP contribution < -0.4 is 5.32 Å². The lowest BCUT2D eigenvalue weighted by molar-refractivity contribution is -0.384. The summed E-state index contributed by atoms with van der Waals surface area (Å²) >= 11 is 0. The van der Waals surface area contributed by atoms with Crippen LogP contribution in [0.2, 0.25) is 0 Å². The predicted molar refractivity (Wildman–Crippen MR) is 70.5 cm³/mol. The van der Waals surface area contributed by atoms with Gasteiger partial charge in [-0.2, -0.15) is 0 Å². The maximum absolute atomic E-state index is 10.5. The largest absolute Gasteiger partial charge is 0.394 e. The first-order valence-electron chi connectivity index (χ1n) is 6.25. The lowest BCUT2D eigenvalue weighted by atomic mass is 9.98. The van der Waals surface area contributed by atoms with Crippen LogP contribution in [0.3, 0.4) is 0 Å². The minimum absolute atomic E-state index is 0.0886. The minimum Gasteiger partial charge on any atom is -0.394 e. The number of nitrogens with zero attached hydrogens (tertiary/aromatic N) is 1. The Labute approximate surface area is 119 Å². The Morgan fingerprint density at radius 1 is 1.14 bits per heavy atom. The van der Waals surface area contributed by atoms with E-state index in [1.807, 2.05) is 0 Å². The Hall–Kier alpha value is -1.78. The van der Waals surface area contributed by atoms with E-state index >= 15 is 0 Å². The molecule has 2 rings (SSSR count). The molecule has 1 aromatic carbocycles. The minimum atomic E-state index is -1.48. The number of rotatable bonds is 4. The van der Waals surface area contributed by atoms with E-state index in [0.29, 0.717) is 5.69 Å². The number of anilines is 1. The Morgan fingerprint density at radius 3 is 2.29 bits per heavy atom. The first-order chi connectivity index (χ1) is 9.93. The summed E-state index contributed by atoms with van der Waals surface area (Å²) in [5.41, 5.74) is 0.333. The number of nitro benzene ring substituents is 1. The summed E-state index contributed by atoms with van der Waals surface area (Å²) < 4.78 is 5.26. The molecule has 1 aromatic rings. The topological polar surface area (TPSA) is 145 Å². The van der Waals surface area contributed by atoms with Crippen molar-refractivity contribution in [3.05, 3.63) is 34.4 Å². The smallest absolute Gasteiger partial charge is 0.269 e. The molecular formula is C12H16N2O7. The Kier molecular flexibility index (Phi) is 4.70. The fraction of sp³-hybridized carbons (Fsp3) is 0.500. The Bertz CT molecular complexity index is 493. The van der Waals surface area contributed by atoms with Crippen LogP contribution in [0.4, 0.5) is 11.4 Å². The van der Waals surface area contributed by atoms with Gasteiger partial charge in [-0.05, 0) is 12.1 Å². The van der Waals surface area contributed by atoms with Gasteiger partial charge < -0.3 is 30.5 Å². The third kappa shape index (κ3) is 3.28. The molecule has 0 unspecified atom stereocenters. The summed E-state index contributed by atoms with van der Waals surface area (Å²) in [6.07, 6.45) is -6.41. The highest BCUT2D eigenvalue weighted by Crippen LogP contribution is 2.23. The highest BCUT2D eigenvalue weighted by atomic mass is 16.6. The zero-order chi connectivity index (χ0) is 15.6. The van der Waals surface area contributed by atoms with Crippen molar-refractivity contribution in [2.75, 3.05) is 11.9 Å². The van der Waals surface area contributed by atoms with Crippen LogP contribution in [0.1, 0.15) is 0 Å². The van der Waals surface area contributed by atoms with E-state index in [0.717, 1.165) is 0 Å². The zero-order valence-electron chi connectivity index (χ0n) is 10.9. The highest BCUT2D eigenvalue weighted by molar-refractivity contribution is 5.49. The van der Waals surface area contributed by atoms with E-state index in [-0.39, 0.29) is 5.69 Å². The number of aliphatic hydroxyl groups is 4. The maximum Gasteiger partial charge on any atom is 0.269 e. The van der Waals surface area contributed by atoms with E-state index in [2.05, 4.69) is 5.32 Å². The molecule has 0 aromatic heterocycles. The van der Waals surface area contributed by atoms with Gasteiger partial charge in [0.15, 0.2) is 6.23 Å². The predicted octanol–water partition coefficient (Wildman–Crippen LogP) is -1.19. The number of ether oxygens (including phenoxy) is 1. The van der Waals surface area contributed by atoms with Crippen LogP contribution in [0.25, 0.3) is 0 Å². The molecule has 1 aliphatic heterocycles. The Morgan fingerprint density at radius 2 is 1.76 bits per heavy atom. The van der Waals surface area contributed by atoms with Gasteiger partial charge in [0.1, 0.15) is 24.4 Å². The average Bonchev–Trinajstić information content (AvgIpc) is 2.48. The van der Waals surface area contributed by atoms with Gasteiger partial charge in [-0.15, -0.1) is 0 Å². The van der Waals surface area contributed by atoms with Crippen molar-refractivity contribution in [1.82, 2.24) is 0 Å². The highest BCUT2D eigenvalue weighted by Gasteiger charge is 2.43. The van der Waals surface area contributed by atoms with Crippen molar-refractivity contribution in [3.8, 4) is 0 Å². The van der Waals surface area contributed by atoms with Gasteiger partial charge in [0.2, 0.25) is 0 Å². The molecule has 1 fully saturated rings.